The van der Waals surface area contributed by atoms with Crippen molar-refractivity contribution in [1.29, 1.82) is 0 Å². The smallest absolute Gasteiger partial charge is 0.409 e. The Morgan fingerprint density at radius 2 is 1.81 bits per heavy atom. The molecule has 3 fully saturated rings. The third kappa shape index (κ3) is 3.14. The largest absolute Gasteiger partial charge is 0.497 e. The zero-order valence-corrected chi connectivity index (χ0v) is 18.2. The van der Waals surface area contributed by atoms with Crippen molar-refractivity contribution in [1.82, 2.24) is 9.80 Å². The summed E-state index contributed by atoms with van der Waals surface area (Å²) in [5.74, 6) is -0.559. The van der Waals surface area contributed by atoms with Gasteiger partial charge in [-0.2, -0.15) is 0 Å². The third-order valence-corrected chi connectivity index (χ3v) is 6.89. The van der Waals surface area contributed by atoms with Gasteiger partial charge in [-0.05, 0) is 31.2 Å². The Morgan fingerprint density at radius 3 is 2.47 bits per heavy atom. The first kappa shape index (κ1) is 20.8. The Hall–Kier alpha value is -3.07. The van der Waals surface area contributed by atoms with Gasteiger partial charge in [-0.15, -0.1) is 0 Å². The zero-order valence-electron chi connectivity index (χ0n) is 18.2. The topological polar surface area (TPSA) is 88.6 Å². The van der Waals surface area contributed by atoms with E-state index in [4.69, 9.17) is 14.2 Å². The molecule has 4 aliphatic rings. The summed E-state index contributed by atoms with van der Waals surface area (Å²) in [5, 5.41) is 0. The molecule has 0 aliphatic carbocycles. The van der Waals surface area contributed by atoms with E-state index in [0.717, 1.165) is 5.69 Å². The summed E-state index contributed by atoms with van der Waals surface area (Å²) < 4.78 is 16.5. The molecule has 0 saturated carbocycles. The molecule has 1 aromatic carbocycles. The summed E-state index contributed by atoms with van der Waals surface area (Å²) in [6.07, 6.45) is 3.12. The number of carbonyl (C=O) groups is 3. The second-order valence-corrected chi connectivity index (χ2v) is 8.53. The summed E-state index contributed by atoms with van der Waals surface area (Å²) in [7, 11) is 1.60. The van der Waals surface area contributed by atoms with Gasteiger partial charge >= 0.3 is 6.09 Å². The van der Waals surface area contributed by atoms with Crippen molar-refractivity contribution in [3.05, 3.63) is 36.4 Å². The van der Waals surface area contributed by atoms with Gasteiger partial charge in [0.05, 0.1) is 38.2 Å². The van der Waals surface area contributed by atoms with Crippen LogP contribution in [0.4, 0.5) is 10.5 Å². The highest BCUT2D eigenvalue weighted by Crippen LogP contribution is 2.53. The van der Waals surface area contributed by atoms with Crippen molar-refractivity contribution in [3.8, 4) is 5.75 Å². The molecule has 0 radical (unpaired) electrons. The molecule has 1 unspecified atom stereocenters. The monoisotopic (exact) mass is 441 g/mol. The molecular weight excluding hydrogens is 414 g/mol. The molecule has 170 valence electrons. The number of carbonyl (C=O) groups excluding carboxylic acids is 3. The average Bonchev–Trinajstić information content (AvgIpc) is 3.47. The number of fused-ring (bicyclic) bond motifs is 1. The van der Waals surface area contributed by atoms with Crippen LogP contribution in [-0.4, -0.2) is 85.9 Å². The predicted octanol–water partition coefficient (Wildman–Crippen LogP) is 1.28. The quantitative estimate of drug-likeness (QED) is 0.654. The van der Waals surface area contributed by atoms with Crippen LogP contribution in [0.3, 0.4) is 0 Å². The number of anilines is 1. The maximum absolute atomic E-state index is 13.5. The average molecular weight is 441 g/mol. The van der Waals surface area contributed by atoms with Gasteiger partial charge in [0.2, 0.25) is 11.8 Å². The lowest BCUT2D eigenvalue weighted by Gasteiger charge is -2.36. The zero-order chi connectivity index (χ0) is 22.5. The van der Waals surface area contributed by atoms with E-state index in [-0.39, 0.29) is 17.9 Å². The highest BCUT2D eigenvalue weighted by atomic mass is 16.6. The minimum absolute atomic E-state index is 0.0836. The lowest BCUT2D eigenvalue weighted by molar-refractivity contribution is -0.141. The summed E-state index contributed by atoms with van der Waals surface area (Å²) in [4.78, 5) is 44.0. The molecule has 0 aromatic heterocycles. The normalized spacial score (nSPS) is 30.6. The predicted molar refractivity (Wildman–Crippen MR) is 114 cm³/mol. The number of benzene rings is 1. The molecule has 3 saturated heterocycles. The molecule has 3 amide bonds. The summed E-state index contributed by atoms with van der Waals surface area (Å²) in [6, 6.07) is 7.31. The van der Waals surface area contributed by atoms with E-state index in [2.05, 4.69) is 0 Å². The number of hydrogen-bond donors (Lipinski definition) is 0. The van der Waals surface area contributed by atoms with Gasteiger partial charge in [0.15, 0.2) is 0 Å². The summed E-state index contributed by atoms with van der Waals surface area (Å²) >= 11 is 0. The van der Waals surface area contributed by atoms with Crippen LogP contribution in [0.25, 0.3) is 0 Å². The molecule has 4 aliphatic heterocycles. The Kier molecular flexibility index (Phi) is 5.08. The Labute approximate surface area is 186 Å². The maximum atomic E-state index is 13.5. The molecule has 32 heavy (non-hydrogen) atoms. The van der Waals surface area contributed by atoms with Crippen molar-refractivity contribution in [2.45, 2.75) is 18.6 Å². The van der Waals surface area contributed by atoms with Gasteiger partial charge in [0.1, 0.15) is 11.4 Å². The van der Waals surface area contributed by atoms with Crippen LogP contribution in [0.2, 0.25) is 0 Å². The molecule has 1 aromatic rings. The molecule has 4 heterocycles. The maximum Gasteiger partial charge on any atom is 0.409 e. The van der Waals surface area contributed by atoms with E-state index < -0.39 is 23.5 Å². The summed E-state index contributed by atoms with van der Waals surface area (Å²) in [6.45, 7) is 4.14. The Bertz CT molecular complexity index is 955. The first-order chi connectivity index (χ1) is 15.5. The molecule has 2 bridgehead atoms. The van der Waals surface area contributed by atoms with E-state index in [1.54, 1.807) is 28.7 Å². The minimum Gasteiger partial charge on any atom is -0.497 e. The number of nitrogens with zero attached hydrogens (tertiary/aromatic N) is 3. The number of methoxy groups -OCH3 is 1. The van der Waals surface area contributed by atoms with Crippen LogP contribution < -0.4 is 9.64 Å². The molecular formula is C23H27N3O6. The molecule has 1 spiro atoms. The van der Waals surface area contributed by atoms with E-state index in [9.17, 15) is 14.4 Å². The first-order valence-electron chi connectivity index (χ1n) is 11.0. The van der Waals surface area contributed by atoms with Crippen molar-refractivity contribution in [2.75, 3.05) is 51.3 Å². The number of hydrogen-bond acceptors (Lipinski definition) is 6. The Morgan fingerprint density at radius 1 is 1.12 bits per heavy atom. The SMILES string of the molecule is CCOC(=O)N1CCN(C(=O)C2[C@@H]3C=C[C@@]4(CN(c5ccc(OC)cc5)C(=O)[C@H]24)O3)CC1. The van der Waals surface area contributed by atoms with E-state index >= 15 is 0 Å². The number of ether oxygens (including phenoxy) is 3. The highest BCUT2D eigenvalue weighted by Gasteiger charge is 2.67. The van der Waals surface area contributed by atoms with Crippen molar-refractivity contribution in [3.63, 3.8) is 0 Å². The van der Waals surface area contributed by atoms with Crippen molar-refractivity contribution in [2.24, 2.45) is 11.8 Å². The van der Waals surface area contributed by atoms with Gasteiger partial charge in [0, 0.05) is 31.9 Å². The van der Waals surface area contributed by atoms with E-state index in [0.29, 0.717) is 45.1 Å². The Balaban J connectivity index is 1.32. The standard InChI is InChI=1S/C23H27N3O6/c1-3-31-22(29)25-12-10-24(11-13-25)20(27)18-17-8-9-23(32-17)14-26(21(28)19(18)23)15-4-6-16(30-2)7-5-15/h4-9,17-19H,3,10-14H2,1-2H3/t17-,18?,19-,23-/m0/s1. The molecule has 4 atom stereocenters. The molecule has 5 rings (SSSR count). The molecule has 9 nitrogen and oxygen atoms in total. The third-order valence-electron chi connectivity index (χ3n) is 6.89. The second-order valence-electron chi connectivity index (χ2n) is 8.53. The molecule has 9 heteroatoms. The van der Waals surface area contributed by atoms with Crippen LogP contribution in [0.1, 0.15) is 6.92 Å². The molecule has 0 N–H and O–H groups in total. The second kappa shape index (κ2) is 7.81. The van der Waals surface area contributed by atoms with Crippen molar-refractivity contribution < 1.29 is 28.6 Å². The summed E-state index contributed by atoms with van der Waals surface area (Å²) in [5.41, 5.74) is -0.0105. The van der Waals surface area contributed by atoms with Gasteiger partial charge in [-0.3, -0.25) is 9.59 Å². The van der Waals surface area contributed by atoms with Crippen LogP contribution in [0.15, 0.2) is 36.4 Å². The number of piperazine rings is 1. The fourth-order valence-electron chi connectivity index (χ4n) is 5.30. The van der Waals surface area contributed by atoms with Crippen LogP contribution in [0.5, 0.6) is 5.75 Å². The van der Waals surface area contributed by atoms with Crippen LogP contribution >= 0.6 is 0 Å². The minimum atomic E-state index is -0.769. The van der Waals surface area contributed by atoms with Gasteiger partial charge in [0.25, 0.3) is 0 Å². The highest BCUT2D eigenvalue weighted by molar-refractivity contribution is 6.03. The lowest BCUT2D eigenvalue weighted by atomic mass is 9.76. The van der Waals surface area contributed by atoms with Gasteiger partial charge in [-0.1, -0.05) is 12.2 Å². The van der Waals surface area contributed by atoms with Crippen LogP contribution in [-0.2, 0) is 19.1 Å². The first-order valence-corrected chi connectivity index (χ1v) is 11.0. The van der Waals surface area contributed by atoms with Crippen LogP contribution in [0, 0.1) is 11.8 Å². The number of amides is 3. The van der Waals surface area contributed by atoms with Gasteiger partial charge < -0.3 is 28.9 Å². The van der Waals surface area contributed by atoms with E-state index in [1.165, 1.54) is 0 Å². The fraction of sp³-hybridized carbons (Fsp3) is 0.522. The fourth-order valence-corrected chi connectivity index (χ4v) is 5.30. The van der Waals surface area contributed by atoms with E-state index in [1.807, 2.05) is 36.4 Å². The number of rotatable bonds is 4. The van der Waals surface area contributed by atoms with Gasteiger partial charge in [-0.25, -0.2) is 4.79 Å². The lowest BCUT2D eigenvalue weighted by Crippen LogP contribution is -2.54. The van der Waals surface area contributed by atoms with Crippen molar-refractivity contribution >= 4 is 23.6 Å².